The van der Waals surface area contributed by atoms with Gasteiger partial charge in [0, 0.05) is 25.7 Å². The lowest BCUT2D eigenvalue weighted by Crippen LogP contribution is -2.08. The number of halogens is 1. The van der Waals surface area contributed by atoms with Crippen LogP contribution in [-0.2, 0) is 9.47 Å². The van der Waals surface area contributed by atoms with Gasteiger partial charge in [0.05, 0.1) is 0 Å². The molecule has 1 rings (SSSR count). The second-order valence-electron chi connectivity index (χ2n) is 2.62. The number of ether oxygens (including phenoxy) is 2. The molecule has 0 bridgehead atoms. The number of pyridine rings is 1. The first-order valence-corrected chi connectivity index (χ1v) is 4.92. The quantitative estimate of drug-likeness (QED) is 0.843. The molecule has 0 amide bonds. The third kappa shape index (κ3) is 2.43. The van der Waals surface area contributed by atoms with Gasteiger partial charge in [-0.3, -0.25) is 0 Å². The number of rotatable bonds is 4. The largest absolute Gasteiger partial charge is 0.373 e. The summed E-state index contributed by atoms with van der Waals surface area (Å²) < 4.78 is 11.1. The van der Waals surface area contributed by atoms with E-state index >= 15 is 0 Å². The molecule has 1 aromatic heterocycles. The van der Waals surface area contributed by atoms with Crippen molar-refractivity contribution in [2.24, 2.45) is 0 Å². The van der Waals surface area contributed by atoms with Crippen molar-refractivity contribution in [1.29, 1.82) is 0 Å². The highest BCUT2D eigenvalue weighted by Gasteiger charge is 2.14. The first-order valence-electron chi connectivity index (χ1n) is 4.12. The molecular formula is C9H13BrN2O2. The Balaban J connectivity index is 3.04. The number of anilines is 1. The smallest absolute Gasteiger partial charge is 0.201 e. The maximum atomic E-state index is 5.12. The second kappa shape index (κ2) is 5.29. The number of methoxy groups -OCH3 is 2. The van der Waals surface area contributed by atoms with E-state index in [1.54, 1.807) is 14.2 Å². The SMILES string of the molecule is CNc1ccc(Br)c(C(OC)OC)n1. The average molecular weight is 261 g/mol. The molecule has 0 aliphatic heterocycles. The molecule has 4 nitrogen and oxygen atoms in total. The Morgan fingerprint density at radius 2 is 2.00 bits per heavy atom. The van der Waals surface area contributed by atoms with Crippen LogP contribution in [0.2, 0.25) is 0 Å². The van der Waals surface area contributed by atoms with Gasteiger partial charge in [-0.15, -0.1) is 0 Å². The lowest BCUT2D eigenvalue weighted by Gasteiger charge is -2.15. The van der Waals surface area contributed by atoms with Crippen molar-refractivity contribution in [2.75, 3.05) is 26.6 Å². The second-order valence-corrected chi connectivity index (χ2v) is 3.47. The molecule has 0 aliphatic carbocycles. The van der Waals surface area contributed by atoms with Crippen molar-refractivity contribution in [3.05, 3.63) is 22.3 Å². The summed E-state index contributed by atoms with van der Waals surface area (Å²) in [7, 11) is 4.97. The summed E-state index contributed by atoms with van der Waals surface area (Å²) >= 11 is 3.39. The van der Waals surface area contributed by atoms with Crippen LogP contribution < -0.4 is 5.32 Å². The summed E-state index contributed by atoms with van der Waals surface area (Å²) in [4.78, 5) is 4.32. The highest BCUT2D eigenvalue weighted by Crippen LogP contribution is 2.25. The molecule has 14 heavy (non-hydrogen) atoms. The molecule has 0 radical (unpaired) electrons. The Bertz CT molecular complexity index is 303. The van der Waals surface area contributed by atoms with Gasteiger partial charge in [0.15, 0.2) is 0 Å². The molecule has 0 aliphatic rings. The summed E-state index contributed by atoms with van der Waals surface area (Å²) in [6.07, 6.45) is -0.447. The number of hydrogen-bond donors (Lipinski definition) is 1. The fourth-order valence-electron chi connectivity index (χ4n) is 1.08. The molecule has 0 atom stereocenters. The standard InChI is InChI=1S/C9H13BrN2O2/c1-11-7-5-4-6(10)8(12-7)9(13-2)14-3/h4-5,9H,1-3H3,(H,11,12). The van der Waals surface area contributed by atoms with E-state index in [9.17, 15) is 0 Å². The first kappa shape index (κ1) is 11.4. The minimum atomic E-state index is -0.447. The maximum absolute atomic E-state index is 5.12. The number of nitrogens with zero attached hydrogens (tertiary/aromatic N) is 1. The van der Waals surface area contributed by atoms with Gasteiger partial charge in [-0.1, -0.05) is 0 Å². The fraction of sp³-hybridized carbons (Fsp3) is 0.444. The predicted molar refractivity (Wildman–Crippen MR) is 58.2 cm³/mol. The first-order chi connectivity index (χ1) is 6.72. The van der Waals surface area contributed by atoms with Crippen molar-refractivity contribution in [3.8, 4) is 0 Å². The number of hydrogen-bond acceptors (Lipinski definition) is 4. The van der Waals surface area contributed by atoms with E-state index in [1.165, 1.54) is 0 Å². The van der Waals surface area contributed by atoms with E-state index in [1.807, 2.05) is 19.2 Å². The van der Waals surface area contributed by atoms with E-state index in [0.717, 1.165) is 16.0 Å². The zero-order chi connectivity index (χ0) is 10.6. The Morgan fingerprint density at radius 1 is 1.36 bits per heavy atom. The zero-order valence-electron chi connectivity index (χ0n) is 8.37. The van der Waals surface area contributed by atoms with Crippen molar-refractivity contribution in [3.63, 3.8) is 0 Å². The van der Waals surface area contributed by atoms with E-state index in [-0.39, 0.29) is 0 Å². The molecule has 1 N–H and O–H groups in total. The molecule has 0 aromatic carbocycles. The summed E-state index contributed by atoms with van der Waals surface area (Å²) in [5.74, 6) is 0.780. The van der Waals surface area contributed by atoms with Crippen LogP contribution in [-0.4, -0.2) is 26.3 Å². The van der Waals surface area contributed by atoms with Crippen LogP contribution >= 0.6 is 15.9 Å². The molecule has 5 heteroatoms. The lowest BCUT2D eigenvalue weighted by molar-refractivity contribution is -0.109. The minimum absolute atomic E-state index is 0.447. The highest BCUT2D eigenvalue weighted by atomic mass is 79.9. The van der Waals surface area contributed by atoms with Crippen LogP contribution in [0.4, 0.5) is 5.82 Å². The summed E-state index contributed by atoms with van der Waals surface area (Å²) in [6.45, 7) is 0. The van der Waals surface area contributed by atoms with Crippen LogP contribution in [0.5, 0.6) is 0 Å². The van der Waals surface area contributed by atoms with Gasteiger partial charge in [-0.2, -0.15) is 0 Å². The van der Waals surface area contributed by atoms with Gasteiger partial charge in [0.1, 0.15) is 11.5 Å². The Kier molecular flexibility index (Phi) is 4.31. The van der Waals surface area contributed by atoms with Crippen LogP contribution in [0.25, 0.3) is 0 Å². The fourth-order valence-corrected chi connectivity index (χ4v) is 1.49. The van der Waals surface area contributed by atoms with Gasteiger partial charge in [-0.05, 0) is 28.1 Å². The van der Waals surface area contributed by atoms with E-state index < -0.39 is 6.29 Å². The average Bonchev–Trinajstić information content (AvgIpc) is 2.22. The molecule has 1 aromatic rings. The molecular weight excluding hydrogens is 248 g/mol. The summed E-state index contributed by atoms with van der Waals surface area (Å²) in [5.41, 5.74) is 0.724. The number of nitrogens with one attached hydrogen (secondary N) is 1. The molecule has 78 valence electrons. The molecule has 0 unspecified atom stereocenters. The van der Waals surface area contributed by atoms with Gasteiger partial charge < -0.3 is 14.8 Å². The van der Waals surface area contributed by atoms with Crippen molar-refractivity contribution >= 4 is 21.7 Å². The molecule has 0 spiro atoms. The van der Waals surface area contributed by atoms with Gasteiger partial charge >= 0.3 is 0 Å². The Labute approximate surface area is 91.8 Å². The summed E-state index contributed by atoms with van der Waals surface area (Å²) in [6, 6.07) is 3.77. The monoisotopic (exact) mass is 260 g/mol. The molecule has 1 heterocycles. The molecule has 0 fully saturated rings. The minimum Gasteiger partial charge on any atom is -0.373 e. The van der Waals surface area contributed by atoms with Crippen molar-refractivity contribution in [1.82, 2.24) is 4.98 Å². The third-order valence-electron chi connectivity index (χ3n) is 1.78. The lowest BCUT2D eigenvalue weighted by atomic mass is 10.3. The maximum Gasteiger partial charge on any atom is 0.201 e. The molecule has 0 saturated carbocycles. The normalized spacial score (nSPS) is 10.6. The predicted octanol–water partition coefficient (Wildman–Crippen LogP) is 2.18. The Morgan fingerprint density at radius 3 is 2.50 bits per heavy atom. The third-order valence-corrected chi connectivity index (χ3v) is 2.45. The van der Waals surface area contributed by atoms with Crippen LogP contribution in [0.1, 0.15) is 12.0 Å². The topological polar surface area (TPSA) is 43.4 Å². The van der Waals surface area contributed by atoms with E-state index in [2.05, 4.69) is 26.2 Å². The zero-order valence-corrected chi connectivity index (χ0v) is 9.96. The van der Waals surface area contributed by atoms with Gasteiger partial charge in [0.25, 0.3) is 0 Å². The molecule has 0 saturated heterocycles. The van der Waals surface area contributed by atoms with Crippen LogP contribution in [0.15, 0.2) is 16.6 Å². The van der Waals surface area contributed by atoms with Crippen LogP contribution in [0, 0.1) is 0 Å². The van der Waals surface area contributed by atoms with Gasteiger partial charge in [0.2, 0.25) is 6.29 Å². The number of aromatic nitrogens is 1. The van der Waals surface area contributed by atoms with Crippen molar-refractivity contribution < 1.29 is 9.47 Å². The summed E-state index contributed by atoms with van der Waals surface area (Å²) in [5, 5.41) is 2.95. The van der Waals surface area contributed by atoms with Gasteiger partial charge in [-0.25, -0.2) is 4.98 Å². The van der Waals surface area contributed by atoms with Crippen LogP contribution in [0.3, 0.4) is 0 Å². The van der Waals surface area contributed by atoms with Crippen molar-refractivity contribution in [2.45, 2.75) is 6.29 Å². The highest BCUT2D eigenvalue weighted by molar-refractivity contribution is 9.10. The van der Waals surface area contributed by atoms with E-state index in [4.69, 9.17) is 9.47 Å². The van der Waals surface area contributed by atoms with E-state index in [0.29, 0.717) is 0 Å². The Hall–Kier alpha value is -0.650.